The van der Waals surface area contributed by atoms with Crippen LogP contribution in [0.25, 0.3) is 0 Å². The Morgan fingerprint density at radius 3 is 2.70 bits per heavy atom. The number of aromatic nitrogens is 2. The highest BCUT2D eigenvalue weighted by Gasteiger charge is 2.46. The summed E-state index contributed by atoms with van der Waals surface area (Å²) in [5.74, 6) is 0.239. The number of thiol groups is 1. The van der Waals surface area contributed by atoms with Crippen LogP contribution in [0.15, 0.2) is 35.6 Å². The molecule has 0 radical (unpaired) electrons. The molecular weight excluding hydrogens is 416 g/mol. The van der Waals surface area contributed by atoms with E-state index in [1.165, 1.54) is 35.2 Å². The number of benzene rings is 1. The number of non-ortho nitro benzene ring substituents is 1. The maximum absolute atomic E-state index is 11.2. The van der Waals surface area contributed by atoms with Gasteiger partial charge < -0.3 is 31.1 Å². The van der Waals surface area contributed by atoms with Crippen molar-refractivity contribution in [1.82, 2.24) is 9.55 Å². The van der Waals surface area contributed by atoms with Crippen LogP contribution >= 0.6 is 12.6 Å². The number of anilines is 1. The zero-order valence-corrected chi connectivity index (χ0v) is 16.4. The fourth-order valence-electron chi connectivity index (χ4n) is 3.63. The number of nitro groups is 1. The van der Waals surface area contributed by atoms with Crippen molar-refractivity contribution in [2.45, 2.75) is 35.8 Å². The average molecular weight is 436 g/mol. The lowest BCUT2D eigenvalue weighted by Gasteiger charge is -2.29. The standard InChI is InChI=1S/C17H20N6O6S/c18-16-20-14-13(19-7-22(14)15-12(30)11(25)10(6-24)29-15)17(26,21-16)5-8-1-3-9(4-2-8)23(27)28/h1-4,7,10-12,15,24-26,30H,5-6H2,(H3,18,20,21)/t10-,11-,12-,15-,17?/m1/s1. The summed E-state index contributed by atoms with van der Waals surface area (Å²) in [4.78, 5) is 18.7. The zero-order chi connectivity index (χ0) is 21.6. The van der Waals surface area contributed by atoms with E-state index in [9.17, 15) is 25.4 Å². The number of nitro benzene ring substituents is 1. The molecule has 0 bridgehead atoms. The summed E-state index contributed by atoms with van der Waals surface area (Å²) in [6.07, 6.45) is -1.24. The van der Waals surface area contributed by atoms with Crippen molar-refractivity contribution in [3.05, 3.63) is 52.0 Å². The summed E-state index contributed by atoms with van der Waals surface area (Å²) >= 11 is 4.38. The first kappa shape index (κ1) is 20.6. The molecule has 2 aliphatic rings. The van der Waals surface area contributed by atoms with Gasteiger partial charge in [0, 0.05) is 18.6 Å². The molecule has 0 spiro atoms. The number of aliphatic hydroxyl groups excluding tert-OH is 2. The largest absolute Gasteiger partial charge is 0.394 e. The third kappa shape index (κ3) is 3.40. The first-order valence-electron chi connectivity index (χ1n) is 9.01. The van der Waals surface area contributed by atoms with Gasteiger partial charge in [-0.05, 0) is 5.56 Å². The smallest absolute Gasteiger partial charge is 0.269 e. The lowest BCUT2D eigenvalue weighted by atomic mass is 9.98. The Kier molecular flexibility index (Phi) is 5.15. The van der Waals surface area contributed by atoms with E-state index in [4.69, 9.17) is 10.5 Å². The molecule has 160 valence electrons. The third-order valence-corrected chi connectivity index (χ3v) is 5.67. The number of nitrogens with zero attached hydrogens (tertiary/aromatic N) is 4. The van der Waals surface area contributed by atoms with Gasteiger partial charge in [-0.15, -0.1) is 0 Å². The van der Waals surface area contributed by atoms with Crippen LogP contribution in [0.4, 0.5) is 11.5 Å². The molecule has 5 atom stereocenters. The number of aliphatic imine (C=N–C) groups is 1. The van der Waals surface area contributed by atoms with Gasteiger partial charge in [0.1, 0.15) is 17.6 Å². The van der Waals surface area contributed by atoms with Crippen molar-refractivity contribution >= 4 is 30.1 Å². The minimum Gasteiger partial charge on any atom is -0.394 e. The number of hydrogen-bond donors (Lipinski definition) is 6. The molecule has 2 aliphatic heterocycles. The van der Waals surface area contributed by atoms with E-state index in [1.54, 1.807) is 0 Å². The molecule has 0 amide bonds. The maximum Gasteiger partial charge on any atom is 0.269 e. The van der Waals surface area contributed by atoms with Gasteiger partial charge in [-0.1, -0.05) is 12.1 Å². The molecule has 1 unspecified atom stereocenters. The number of ether oxygens (including phenoxy) is 1. The second kappa shape index (κ2) is 7.52. The molecule has 0 aliphatic carbocycles. The Morgan fingerprint density at radius 1 is 1.40 bits per heavy atom. The number of hydrogen-bond acceptors (Lipinski definition) is 11. The predicted molar refractivity (Wildman–Crippen MR) is 108 cm³/mol. The lowest BCUT2D eigenvalue weighted by Crippen LogP contribution is -2.39. The highest BCUT2D eigenvalue weighted by Crippen LogP contribution is 2.40. The Hall–Kier alpha value is -2.71. The van der Waals surface area contributed by atoms with Crippen molar-refractivity contribution in [2.24, 2.45) is 10.7 Å². The number of aliphatic hydroxyl groups is 3. The van der Waals surface area contributed by atoms with Crippen molar-refractivity contribution in [1.29, 1.82) is 0 Å². The van der Waals surface area contributed by atoms with Gasteiger partial charge in [-0.2, -0.15) is 12.6 Å². The normalized spacial score (nSPS) is 30.5. The van der Waals surface area contributed by atoms with Gasteiger partial charge in [0.15, 0.2) is 12.2 Å². The topological polar surface area (TPSA) is 181 Å². The van der Waals surface area contributed by atoms with Crippen LogP contribution < -0.4 is 11.1 Å². The van der Waals surface area contributed by atoms with Crippen LogP contribution in [0.1, 0.15) is 17.5 Å². The number of nitrogens with one attached hydrogen (secondary N) is 1. The van der Waals surface area contributed by atoms with Crippen molar-refractivity contribution in [2.75, 3.05) is 11.9 Å². The molecule has 12 nitrogen and oxygen atoms in total. The molecule has 30 heavy (non-hydrogen) atoms. The van der Waals surface area contributed by atoms with E-state index in [-0.39, 0.29) is 30.4 Å². The molecule has 13 heteroatoms. The van der Waals surface area contributed by atoms with Crippen LogP contribution in [0.5, 0.6) is 0 Å². The average Bonchev–Trinajstić information content (AvgIpc) is 3.24. The molecule has 6 N–H and O–H groups in total. The monoisotopic (exact) mass is 436 g/mol. The molecule has 1 aromatic heterocycles. The molecule has 4 rings (SSSR count). The van der Waals surface area contributed by atoms with Crippen LogP contribution in [0.2, 0.25) is 0 Å². The Morgan fingerprint density at radius 2 is 2.10 bits per heavy atom. The second-order valence-electron chi connectivity index (χ2n) is 7.12. The minimum atomic E-state index is -1.83. The van der Waals surface area contributed by atoms with Gasteiger partial charge in [0.05, 0.1) is 29.2 Å². The molecule has 1 fully saturated rings. The number of rotatable bonds is 5. The second-order valence-corrected chi connectivity index (χ2v) is 7.71. The zero-order valence-electron chi connectivity index (χ0n) is 15.5. The summed E-state index contributed by atoms with van der Waals surface area (Å²) in [5, 5.41) is 43.8. The SMILES string of the molecule is NC1=NC(O)(Cc2ccc([N+](=O)[O-])cc2)c2ncn([C@@H]3O[C@H](CO)[C@@H](O)[C@H]3S)c2N1. The van der Waals surface area contributed by atoms with Gasteiger partial charge in [0.25, 0.3) is 5.69 Å². The first-order valence-corrected chi connectivity index (χ1v) is 9.53. The molecular formula is C17H20N6O6S. The Balaban J connectivity index is 1.66. The first-order chi connectivity index (χ1) is 14.2. The third-order valence-electron chi connectivity index (χ3n) is 5.11. The van der Waals surface area contributed by atoms with E-state index < -0.39 is 34.3 Å². The molecule has 3 heterocycles. The maximum atomic E-state index is 11.2. The van der Waals surface area contributed by atoms with Crippen LogP contribution in [-0.4, -0.2) is 59.8 Å². The fourth-order valence-corrected chi connectivity index (χ4v) is 4.03. The number of fused-ring (bicyclic) bond motifs is 1. The Labute approximate surface area is 175 Å². The van der Waals surface area contributed by atoms with Gasteiger partial charge in [-0.3, -0.25) is 14.7 Å². The van der Waals surface area contributed by atoms with Crippen molar-refractivity contribution in [3.63, 3.8) is 0 Å². The molecule has 1 saturated heterocycles. The van der Waals surface area contributed by atoms with E-state index in [0.717, 1.165) is 0 Å². The van der Waals surface area contributed by atoms with Gasteiger partial charge in [-0.25, -0.2) is 9.98 Å². The van der Waals surface area contributed by atoms with Crippen LogP contribution in [-0.2, 0) is 16.9 Å². The fraction of sp³-hybridized carbons (Fsp3) is 0.412. The molecule has 0 saturated carbocycles. The summed E-state index contributed by atoms with van der Waals surface area (Å²) in [6, 6.07) is 5.71. The van der Waals surface area contributed by atoms with Crippen LogP contribution in [0.3, 0.4) is 0 Å². The highest BCUT2D eigenvalue weighted by molar-refractivity contribution is 7.81. The van der Waals surface area contributed by atoms with E-state index in [2.05, 4.69) is 27.9 Å². The molecule has 1 aromatic carbocycles. The summed E-state index contributed by atoms with van der Waals surface area (Å²) in [7, 11) is 0. The van der Waals surface area contributed by atoms with E-state index in [1.807, 2.05) is 0 Å². The van der Waals surface area contributed by atoms with E-state index in [0.29, 0.717) is 11.4 Å². The number of guanidine groups is 1. The number of imidazole rings is 1. The molecule has 2 aromatic rings. The summed E-state index contributed by atoms with van der Waals surface area (Å²) in [5.41, 5.74) is 4.74. The van der Waals surface area contributed by atoms with Crippen molar-refractivity contribution < 1.29 is 25.0 Å². The van der Waals surface area contributed by atoms with Gasteiger partial charge in [0.2, 0.25) is 5.72 Å². The predicted octanol–water partition coefficient (Wildman–Crippen LogP) is -0.532. The quantitative estimate of drug-likeness (QED) is 0.204. The number of nitrogens with two attached hydrogens (primary N) is 1. The Bertz CT molecular complexity index is 997. The van der Waals surface area contributed by atoms with Gasteiger partial charge >= 0.3 is 0 Å². The van der Waals surface area contributed by atoms with E-state index >= 15 is 0 Å². The summed E-state index contributed by atoms with van der Waals surface area (Å²) in [6.45, 7) is -0.382. The highest BCUT2D eigenvalue weighted by atomic mass is 32.1. The summed E-state index contributed by atoms with van der Waals surface area (Å²) < 4.78 is 7.21. The lowest BCUT2D eigenvalue weighted by molar-refractivity contribution is -0.384. The van der Waals surface area contributed by atoms with Crippen molar-refractivity contribution in [3.8, 4) is 0 Å². The minimum absolute atomic E-state index is 0.0326. The van der Waals surface area contributed by atoms with Crippen LogP contribution in [0, 0.1) is 10.1 Å².